The summed E-state index contributed by atoms with van der Waals surface area (Å²) in [5.41, 5.74) is 15.8. The summed E-state index contributed by atoms with van der Waals surface area (Å²) in [7, 11) is 0. The molecular formula is C48H63N5O3. The van der Waals surface area contributed by atoms with Crippen molar-refractivity contribution in [1.29, 1.82) is 0 Å². The van der Waals surface area contributed by atoms with Crippen molar-refractivity contribution in [1.82, 2.24) is 9.80 Å². The highest BCUT2D eigenvalue weighted by Gasteiger charge is 2.48. The van der Waals surface area contributed by atoms with E-state index < -0.39 is 30.1 Å². The Balaban J connectivity index is 1.59. The van der Waals surface area contributed by atoms with Gasteiger partial charge in [-0.25, -0.2) is 9.69 Å². The number of nitrogens with zero attached hydrogens (tertiary/aromatic N) is 4. The van der Waals surface area contributed by atoms with Crippen LogP contribution in [0.5, 0.6) is 0 Å². The lowest BCUT2D eigenvalue weighted by Gasteiger charge is -2.39. The van der Waals surface area contributed by atoms with Gasteiger partial charge in [0.2, 0.25) is 0 Å². The molecule has 2 fully saturated rings. The van der Waals surface area contributed by atoms with Crippen LogP contribution in [0.1, 0.15) is 126 Å². The number of carbonyl (C=O) groups is 3. The lowest BCUT2D eigenvalue weighted by atomic mass is 9.83. The highest BCUT2D eigenvalue weighted by molar-refractivity contribution is 6.30. The van der Waals surface area contributed by atoms with Crippen molar-refractivity contribution in [2.45, 2.75) is 150 Å². The number of imide groups is 2. The molecule has 0 aromatic heterocycles. The van der Waals surface area contributed by atoms with E-state index in [0.29, 0.717) is 31.3 Å². The summed E-state index contributed by atoms with van der Waals surface area (Å²) in [6.45, 7) is 23.6. The first-order valence-corrected chi connectivity index (χ1v) is 20.9. The molecule has 3 heterocycles. The SMILES string of the molecule is CCCC(N)N1C(=O)C(=C2/C(=C/C=C3/N(C(C)CC)c4ccccc4C3(C)C)CC/C2=C\C=C2\N(C(C)CC)c3ccccc3C2(C)C)C(=O)N(C(C)C)C1=O. The Kier molecular flexibility index (Phi) is 11.5. The molecule has 6 rings (SSSR count). The second-order valence-corrected chi connectivity index (χ2v) is 17.4. The number of barbiturate groups is 1. The van der Waals surface area contributed by atoms with Gasteiger partial charge in [-0.15, -0.1) is 0 Å². The third kappa shape index (κ3) is 6.67. The quantitative estimate of drug-likeness (QED) is 0.192. The molecule has 8 heteroatoms. The molecule has 56 heavy (non-hydrogen) atoms. The second-order valence-electron chi connectivity index (χ2n) is 17.4. The molecule has 4 aliphatic rings. The largest absolute Gasteiger partial charge is 0.341 e. The molecule has 2 aromatic rings. The van der Waals surface area contributed by atoms with Gasteiger partial charge in [0.05, 0.1) is 6.17 Å². The van der Waals surface area contributed by atoms with E-state index in [1.165, 1.54) is 38.8 Å². The maximum absolute atomic E-state index is 14.7. The van der Waals surface area contributed by atoms with Gasteiger partial charge >= 0.3 is 6.03 Å². The van der Waals surface area contributed by atoms with E-state index in [0.717, 1.165) is 28.9 Å². The summed E-state index contributed by atoms with van der Waals surface area (Å²) in [6, 6.07) is 16.6. The molecule has 0 bridgehead atoms. The van der Waals surface area contributed by atoms with E-state index in [4.69, 9.17) is 5.73 Å². The van der Waals surface area contributed by atoms with Gasteiger partial charge < -0.3 is 15.5 Å². The number of hydrogen-bond acceptors (Lipinski definition) is 6. The molecular weight excluding hydrogens is 695 g/mol. The van der Waals surface area contributed by atoms with Crippen LogP contribution in [0, 0.1) is 0 Å². The summed E-state index contributed by atoms with van der Waals surface area (Å²) < 4.78 is 0. The van der Waals surface area contributed by atoms with E-state index in [9.17, 15) is 14.4 Å². The van der Waals surface area contributed by atoms with Gasteiger partial charge in [-0.2, -0.15) is 0 Å². The first-order chi connectivity index (χ1) is 26.5. The lowest BCUT2D eigenvalue weighted by Crippen LogP contribution is -2.63. The van der Waals surface area contributed by atoms with Crippen LogP contribution >= 0.6 is 0 Å². The number of nitrogens with two attached hydrogens (primary N) is 1. The minimum absolute atomic E-state index is 0.0251. The number of anilines is 2. The standard InChI is InChI=1S/C48H63N5O3/c1-12-19-41(49)53-45(55)43(44(54)50(30(4)5)46(53)56)42-33(26-28-39-47(8,9)35-20-15-17-22-37(35)51(39)31(6)13-2)24-25-34(42)27-29-40-48(10,11)36-21-16-18-23-38(36)52(40)32(7)14-3/h15-18,20-23,26-32,41H,12-14,19,24-25,49H2,1-11H3/b33-26+,34-27+,39-28+,40-29+,43-42?. The van der Waals surface area contributed by atoms with Crippen molar-refractivity contribution in [3.05, 3.63) is 118 Å². The Morgan fingerprint density at radius 2 is 1.05 bits per heavy atom. The Morgan fingerprint density at radius 1 is 0.625 bits per heavy atom. The van der Waals surface area contributed by atoms with Gasteiger partial charge in [0.15, 0.2) is 0 Å². The average molecular weight is 758 g/mol. The van der Waals surface area contributed by atoms with Crippen LogP contribution in [0.15, 0.2) is 107 Å². The zero-order valence-electron chi connectivity index (χ0n) is 35.6. The highest BCUT2D eigenvalue weighted by atomic mass is 16.2. The molecule has 2 aromatic carbocycles. The molecule has 298 valence electrons. The summed E-state index contributed by atoms with van der Waals surface area (Å²) in [5, 5.41) is 0. The molecule has 2 N–H and O–H groups in total. The predicted octanol–water partition coefficient (Wildman–Crippen LogP) is 10.2. The zero-order chi connectivity index (χ0) is 40.9. The Hall–Kier alpha value is -4.69. The first-order valence-electron chi connectivity index (χ1n) is 20.9. The fourth-order valence-corrected chi connectivity index (χ4v) is 9.20. The number of rotatable bonds is 10. The fourth-order valence-electron chi connectivity index (χ4n) is 9.20. The third-order valence-corrected chi connectivity index (χ3v) is 12.7. The van der Waals surface area contributed by atoms with E-state index in [1.807, 2.05) is 6.92 Å². The number of allylic oxidation sites excluding steroid dienone is 9. The minimum atomic E-state index is -0.848. The van der Waals surface area contributed by atoms with Gasteiger partial charge in [-0.1, -0.05) is 103 Å². The molecule has 8 nitrogen and oxygen atoms in total. The van der Waals surface area contributed by atoms with Gasteiger partial charge in [-0.3, -0.25) is 14.5 Å². The Morgan fingerprint density at radius 3 is 1.46 bits per heavy atom. The predicted molar refractivity (Wildman–Crippen MR) is 229 cm³/mol. The van der Waals surface area contributed by atoms with E-state index >= 15 is 0 Å². The second kappa shape index (κ2) is 15.7. The lowest BCUT2D eigenvalue weighted by molar-refractivity contribution is -0.138. The number of carbonyl (C=O) groups excluding carboxylic acids is 3. The van der Waals surface area contributed by atoms with Crippen molar-refractivity contribution in [3.63, 3.8) is 0 Å². The van der Waals surface area contributed by atoms with Crippen molar-refractivity contribution < 1.29 is 14.4 Å². The molecule has 4 amide bonds. The van der Waals surface area contributed by atoms with Crippen LogP contribution in [-0.2, 0) is 20.4 Å². The maximum Gasteiger partial charge on any atom is 0.335 e. The van der Waals surface area contributed by atoms with Gasteiger partial charge in [0, 0.05) is 51.7 Å². The fraction of sp³-hybridized carbons (Fsp3) is 0.479. The molecule has 1 saturated heterocycles. The smallest absolute Gasteiger partial charge is 0.335 e. The van der Waals surface area contributed by atoms with Crippen molar-refractivity contribution in [2.75, 3.05) is 9.80 Å². The van der Waals surface area contributed by atoms with Crippen LogP contribution in [-0.4, -0.2) is 51.9 Å². The number of fused-ring (bicyclic) bond motifs is 2. The molecule has 3 aliphatic heterocycles. The van der Waals surface area contributed by atoms with Gasteiger partial charge in [0.25, 0.3) is 11.8 Å². The summed E-state index contributed by atoms with van der Waals surface area (Å²) in [5.74, 6) is -1.18. The number of benzene rings is 2. The van der Waals surface area contributed by atoms with E-state index in [2.05, 4.69) is 138 Å². The molecule has 3 atom stereocenters. The van der Waals surface area contributed by atoms with Crippen molar-refractivity contribution >= 4 is 29.2 Å². The molecule has 3 unspecified atom stereocenters. The minimum Gasteiger partial charge on any atom is -0.341 e. The van der Waals surface area contributed by atoms with Crippen molar-refractivity contribution in [3.8, 4) is 0 Å². The molecule has 0 spiro atoms. The van der Waals surface area contributed by atoms with Gasteiger partial charge in [-0.05, 0) is 112 Å². The van der Waals surface area contributed by atoms with Crippen LogP contribution in [0.4, 0.5) is 16.2 Å². The summed E-state index contributed by atoms with van der Waals surface area (Å²) >= 11 is 0. The number of amides is 4. The Labute approximate surface area is 335 Å². The third-order valence-electron chi connectivity index (χ3n) is 12.7. The van der Waals surface area contributed by atoms with Crippen LogP contribution in [0.3, 0.4) is 0 Å². The van der Waals surface area contributed by atoms with Crippen LogP contribution < -0.4 is 15.5 Å². The number of hydrogen-bond donors (Lipinski definition) is 1. The number of urea groups is 1. The normalized spacial score (nSPS) is 23.8. The highest BCUT2D eigenvalue weighted by Crippen LogP contribution is 2.51. The zero-order valence-corrected chi connectivity index (χ0v) is 35.6. The summed E-state index contributed by atoms with van der Waals surface area (Å²) in [6.07, 6.45) is 12.2. The average Bonchev–Trinajstić information content (AvgIpc) is 3.73. The van der Waals surface area contributed by atoms with Crippen LogP contribution in [0.25, 0.3) is 0 Å². The van der Waals surface area contributed by atoms with Crippen molar-refractivity contribution in [2.24, 2.45) is 5.73 Å². The Bertz CT molecular complexity index is 1960. The van der Waals surface area contributed by atoms with Gasteiger partial charge in [0.1, 0.15) is 5.57 Å². The topological polar surface area (TPSA) is 90.2 Å². The monoisotopic (exact) mass is 757 g/mol. The molecule has 0 radical (unpaired) electrons. The van der Waals surface area contributed by atoms with E-state index in [-0.39, 0.29) is 28.5 Å². The van der Waals surface area contributed by atoms with E-state index in [1.54, 1.807) is 13.8 Å². The molecule has 1 aliphatic carbocycles. The number of para-hydroxylation sites is 2. The summed E-state index contributed by atoms with van der Waals surface area (Å²) in [4.78, 5) is 50.5. The molecule has 1 saturated carbocycles. The van der Waals surface area contributed by atoms with Crippen LogP contribution in [0.2, 0.25) is 0 Å². The maximum atomic E-state index is 14.7. The first kappa shape index (κ1) is 41.0.